The van der Waals surface area contributed by atoms with Gasteiger partial charge in [-0.05, 0) is 37.6 Å². The largest absolute Gasteiger partial charge is 0.354 e. The molecule has 0 heterocycles. The molecule has 2 N–H and O–H groups in total. The van der Waals surface area contributed by atoms with Crippen LogP contribution in [0.5, 0.6) is 0 Å². The summed E-state index contributed by atoms with van der Waals surface area (Å²) in [5, 5.41) is 5.43. The Labute approximate surface area is 112 Å². The van der Waals surface area contributed by atoms with Gasteiger partial charge in [0.25, 0.3) is 5.91 Å². The molecular formula is C14H19FN2O2. The van der Waals surface area contributed by atoms with Gasteiger partial charge in [0.2, 0.25) is 5.91 Å². The van der Waals surface area contributed by atoms with Gasteiger partial charge in [-0.25, -0.2) is 4.39 Å². The first kappa shape index (κ1) is 15.1. The molecule has 104 valence electrons. The molecule has 1 aromatic rings. The Morgan fingerprint density at radius 1 is 1.26 bits per heavy atom. The highest BCUT2D eigenvalue weighted by molar-refractivity contribution is 5.94. The monoisotopic (exact) mass is 266 g/mol. The van der Waals surface area contributed by atoms with Crippen LogP contribution in [0.3, 0.4) is 0 Å². The van der Waals surface area contributed by atoms with Crippen molar-refractivity contribution in [1.82, 2.24) is 10.6 Å². The summed E-state index contributed by atoms with van der Waals surface area (Å²) in [5.74, 6) is -0.783. The Balaban J connectivity index is 2.31. The SMILES string of the molecule is CC[C@H](C)NC(=O)CCNC(=O)c1ccc(F)cc1. The highest BCUT2D eigenvalue weighted by Gasteiger charge is 2.08. The molecule has 0 radical (unpaired) electrons. The van der Waals surface area contributed by atoms with Gasteiger partial charge in [0.15, 0.2) is 0 Å². The highest BCUT2D eigenvalue weighted by atomic mass is 19.1. The van der Waals surface area contributed by atoms with Crippen LogP contribution in [0, 0.1) is 5.82 Å². The van der Waals surface area contributed by atoms with E-state index in [1.807, 2.05) is 13.8 Å². The third-order valence-corrected chi connectivity index (χ3v) is 2.76. The minimum absolute atomic E-state index is 0.0891. The lowest BCUT2D eigenvalue weighted by atomic mass is 10.2. The molecule has 1 rings (SSSR count). The number of rotatable bonds is 6. The number of halogens is 1. The predicted octanol–water partition coefficient (Wildman–Crippen LogP) is 1.86. The summed E-state index contributed by atoms with van der Waals surface area (Å²) in [6, 6.07) is 5.41. The molecule has 0 aromatic heterocycles. The van der Waals surface area contributed by atoms with E-state index in [1.54, 1.807) is 0 Å². The van der Waals surface area contributed by atoms with Crippen molar-refractivity contribution in [1.29, 1.82) is 0 Å². The number of benzene rings is 1. The Kier molecular flexibility index (Phi) is 5.99. The van der Waals surface area contributed by atoms with Gasteiger partial charge in [-0.15, -0.1) is 0 Å². The van der Waals surface area contributed by atoms with Crippen molar-refractivity contribution < 1.29 is 14.0 Å². The number of carbonyl (C=O) groups excluding carboxylic acids is 2. The van der Waals surface area contributed by atoms with Crippen LogP contribution in [-0.2, 0) is 4.79 Å². The standard InChI is InChI=1S/C14H19FN2O2/c1-3-10(2)17-13(18)8-9-16-14(19)11-4-6-12(15)7-5-11/h4-7,10H,3,8-9H2,1-2H3,(H,16,19)(H,17,18)/t10-/m0/s1. The van der Waals surface area contributed by atoms with E-state index in [9.17, 15) is 14.0 Å². The Hall–Kier alpha value is -1.91. The molecule has 0 saturated heterocycles. The van der Waals surface area contributed by atoms with E-state index in [0.29, 0.717) is 5.56 Å². The van der Waals surface area contributed by atoms with Crippen LogP contribution >= 0.6 is 0 Å². The Morgan fingerprint density at radius 3 is 2.47 bits per heavy atom. The normalized spacial score (nSPS) is 11.7. The van der Waals surface area contributed by atoms with Crippen molar-refractivity contribution in [3.63, 3.8) is 0 Å². The quantitative estimate of drug-likeness (QED) is 0.825. The van der Waals surface area contributed by atoms with Crippen LogP contribution in [0.25, 0.3) is 0 Å². The van der Waals surface area contributed by atoms with Crippen LogP contribution in [-0.4, -0.2) is 24.4 Å². The highest BCUT2D eigenvalue weighted by Crippen LogP contribution is 2.02. The van der Waals surface area contributed by atoms with Gasteiger partial charge in [-0.2, -0.15) is 0 Å². The van der Waals surface area contributed by atoms with Gasteiger partial charge < -0.3 is 10.6 Å². The minimum atomic E-state index is -0.385. The van der Waals surface area contributed by atoms with Crippen molar-refractivity contribution in [2.45, 2.75) is 32.7 Å². The zero-order chi connectivity index (χ0) is 14.3. The molecule has 4 nitrogen and oxygen atoms in total. The molecule has 2 amide bonds. The maximum atomic E-state index is 12.7. The number of carbonyl (C=O) groups is 2. The Bertz CT molecular complexity index is 432. The smallest absolute Gasteiger partial charge is 0.251 e. The van der Waals surface area contributed by atoms with E-state index in [1.165, 1.54) is 24.3 Å². The number of nitrogens with one attached hydrogen (secondary N) is 2. The van der Waals surface area contributed by atoms with Gasteiger partial charge in [0.1, 0.15) is 5.82 Å². The third-order valence-electron chi connectivity index (χ3n) is 2.76. The lowest BCUT2D eigenvalue weighted by Crippen LogP contribution is -2.35. The van der Waals surface area contributed by atoms with Gasteiger partial charge in [0.05, 0.1) is 0 Å². The van der Waals surface area contributed by atoms with Gasteiger partial charge in [0, 0.05) is 24.6 Å². The fourth-order valence-electron chi connectivity index (χ4n) is 1.44. The first-order chi connectivity index (χ1) is 9.02. The number of hydrogen-bond donors (Lipinski definition) is 2. The first-order valence-corrected chi connectivity index (χ1v) is 6.36. The molecule has 0 bridgehead atoms. The third kappa shape index (κ3) is 5.50. The van der Waals surface area contributed by atoms with Crippen LogP contribution in [0.2, 0.25) is 0 Å². The second-order valence-corrected chi connectivity index (χ2v) is 4.39. The van der Waals surface area contributed by atoms with Gasteiger partial charge >= 0.3 is 0 Å². The van der Waals surface area contributed by atoms with E-state index in [4.69, 9.17) is 0 Å². The molecule has 1 aromatic carbocycles. The van der Waals surface area contributed by atoms with Crippen molar-refractivity contribution in [3.8, 4) is 0 Å². The van der Waals surface area contributed by atoms with E-state index >= 15 is 0 Å². The van der Waals surface area contributed by atoms with Gasteiger partial charge in [-0.1, -0.05) is 6.92 Å². The summed E-state index contributed by atoms with van der Waals surface area (Å²) in [6.07, 6.45) is 1.10. The fraction of sp³-hybridized carbons (Fsp3) is 0.429. The zero-order valence-corrected chi connectivity index (χ0v) is 11.2. The summed E-state index contributed by atoms with van der Waals surface area (Å²) in [4.78, 5) is 23.1. The maximum Gasteiger partial charge on any atom is 0.251 e. The molecule has 0 fully saturated rings. The topological polar surface area (TPSA) is 58.2 Å². The predicted molar refractivity (Wildman–Crippen MR) is 71.2 cm³/mol. The lowest BCUT2D eigenvalue weighted by Gasteiger charge is -2.11. The van der Waals surface area contributed by atoms with Crippen LogP contribution in [0.4, 0.5) is 4.39 Å². The lowest BCUT2D eigenvalue weighted by molar-refractivity contribution is -0.121. The van der Waals surface area contributed by atoms with Crippen molar-refractivity contribution in [3.05, 3.63) is 35.6 Å². The van der Waals surface area contributed by atoms with E-state index in [2.05, 4.69) is 10.6 Å². The second-order valence-electron chi connectivity index (χ2n) is 4.39. The van der Waals surface area contributed by atoms with E-state index in [0.717, 1.165) is 6.42 Å². The zero-order valence-electron chi connectivity index (χ0n) is 11.2. The average Bonchev–Trinajstić information content (AvgIpc) is 2.39. The average molecular weight is 266 g/mol. The molecule has 0 spiro atoms. The van der Waals surface area contributed by atoms with Crippen molar-refractivity contribution in [2.75, 3.05) is 6.54 Å². The molecule has 0 unspecified atom stereocenters. The summed E-state index contributed by atoms with van der Waals surface area (Å²) in [5.41, 5.74) is 0.378. The summed E-state index contributed by atoms with van der Waals surface area (Å²) < 4.78 is 12.7. The molecule has 0 aliphatic heterocycles. The number of hydrogen-bond acceptors (Lipinski definition) is 2. The van der Waals surface area contributed by atoms with Crippen LogP contribution in [0.1, 0.15) is 37.0 Å². The maximum absolute atomic E-state index is 12.7. The summed E-state index contributed by atoms with van der Waals surface area (Å²) in [7, 11) is 0. The fourth-order valence-corrected chi connectivity index (χ4v) is 1.44. The van der Waals surface area contributed by atoms with E-state index < -0.39 is 0 Å². The molecule has 0 saturated carbocycles. The molecule has 0 aliphatic rings. The first-order valence-electron chi connectivity index (χ1n) is 6.36. The molecule has 19 heavy (non-hydrogen) atoms. The van der Waals surface area contributed by atoms with Crippen LogP contribution in [0.15, 0.2) is 24.3 Å². The molecule has 1 atom stereocenters. The minimum Gasteiger partial charge on any atom is -0.354 e. The van der Waals surface area contributed by atoms with Crippen molar-refractivity contribution in [2.24, 2.45) is 0 Å². The second kappa shape index (κ2) is 7.51. The molecule has 0 aliphatic carbocycles. The summed E-state index contributed by atoms with van der Waals surface area (Å²) >= 11 is 0. The van der Waals surface area contributed by atoms with E-state index in [-0.39, 0.29) is 36.6 Å². The number of amides is 2. The Morgan fingerprint density at radius 2 is 1.89 bits per heavy atom. The van der Waals surface area contributed by atoms with Crippen LogP contribution < -0.4 is 10.6 Å². The van der Waals surface area contributed by atoms with Gasteiger partial charge in [-0.3, -0.25) is 9.59 Å². The molecule has 5 heteroatoms. The summed E-state index contributed by atoms with van der Waals surface area (Å²) in [6.45, 7) is 4.18. The van der Waals surface area contributed by atoms with Crippen molar-refractivity contribution >= 4 is 11.8 Å². The molecular weight excluding hydrogens is 247 g/mol.